The van der Waals surface area contributed by atoms with Gasteiger partial charge in [0.05, 0.1) is 0 Å². The minimum Gasteiger partial charge on any atom is -0.485 e. The van der Waals surface area contributed by atoms with Crippen molar-refractivity contribution in [3.8, 4) is 5.75 Å². The molecule has 0 radical (unpaired) electrons. The third-order valence-electron chi connectivity index (χ3n) is 3.39. The van der Waals surface area contributed by atoms with Gasteiger partial charge in [0, 0.05) is 6.92 Å². The molecule has 1 unspecified atom stereocenters. The first-order valence-corrected chi connectivity index (χ1v) is 7.11. The Labute approximate surface area is 129 Å². The maximum Gasteiger partial charge on any atom is 0.371 e. The van der Waals surface area contributed by atoms with Gasteiger partial charge in [-0.3, -0.25) is 4.79 Å². The number of ketones is 1. The number of carboxylic acid groups (broad SMARTS) is 1. The van der Waals surface area contributed by atoms with E-state index in [1.165, 1.54) is 11.1 Å². The lowest BCUT2D eigenvalue weighted by Crippen LogP contribution is -2.14. The van der Waals surface area contributed by atoms with E-state index in [1.807, 2.05) is 12.1 Å². The molecule has 1 aliphatic rings. The topological polar surface area (TPSA) is 63.6 Å². The number of hydrogen-bond donors (Lipinski definition) is 1. The number of benzene rings is 2. The Hall–Kier alpha value is -2.62. The standard InChI is InChI=1S/C15H14O.C3H4O3/c1-2-6-12(7-3-1)15-11-10-13-8-4-5-9-14(13)16-15;1-2(4)3(5)6/h1-9,15H,10-11H2;1H3,(H,5,6). The van der Waals surface area contributed by atoms with Crippen molar-refractivity contribution in [1.29, 1.82) is 0 Å². The molecule has 1 heterocycles. The number of rotatable bonds is 2. The molecule has 3 rings (SSSR count). The van der Waals surface area contributed by atoms with E-state index in [0.717, 1.165) is 25.5 Å². The van der Waals surface area contributed by atoms with E-state index in [4.69, 9.17) is 9.84 Å². The van der Waals surface area contributed by atoms with Crippen LogP contribution in [0.1, 0.15) is 30.6 Å². The predicted molar refractivity (Wildman–Crippen MR) is 82.9 cm³/mol. The number of para-hydroxylation sites is 1. The van der Waals surface area contributed by atoms with Crippen LogP contribution in [0.3, 0.4) is 0 Å². The zero-order chi connectivity index (χ0) is 15.9. The van der Waals surface area contributed by atoms with Gasteiger partial charge in [-0.05, 0) is 30.0 Å². The number of carboxylic acids is 1. The highest BCUT2D eigenvalue weighted by Gasteiger charge is 2.20. The van der Waals surface area contributed by atoms with Crippen molar-refractivity contribution in [2.75, 3.05) is 0 Å². The Morgan fingerprint density at radius 2 is 1.64 bits per heavy atom. The van der Waals surface area contributed by atoms with E-state index in [-0.39, 0.29) is 6.10 Å². The maximum atomic E-state index is 9.54. The monoisotopic (exact) mass is 298 g/mol. The highest BCUT2D eigenvalue weighted by atomic mass is 16.5. The molecule has 0 saturated heterocycles. The zero-order valence-corrected chi connectivity index (χ0v) is 12.4. The first-order chi connectivity index (χ1) is 10.6. The van der Waals surface area contributed by atoms with Crippen LogP contribution in [0, 0.1) is 0 Å². The van der Waals surface area contributed by atoms with E-state index < -0.39 is 11.8 Å². The number of carbonyl (C=O) groups excluding carboxylic acids is 1. The molecule has 0 bridgehead atoms. The van der Waals surface area contributed by atoms with Gasteiger partial charge in [0.25, 0.3) is 0 Å². The summed E-state index contributed by atoms with van der Waals surface area (Å²) in [7, 11) is 0. The molecule has 0 aliphatic carbocycles. The van der Waals surface area contributed by atoms with Crippen molar-refractivity contribution in [2.45, 2.75) is 25.9 Å². The third kappa shape index (κ3) is 4.19. The number of ether oxygens (including phenoxy) is 1. The fourth-order valence-electron chi connectivity index (χ4n) is 2.23. The summed E-state index contributed by atoms with van der Waals surface area (Å²) in [5.41, 5.74) is 2.60. The average Bonchev–Trinajstić information content (AvgIpc) is 2.55. The Kier molecular flexibility index (Phi) is 5.31. The van der Waals surface area contributed by atoms with Gasteiger partial charge >= 0.3 is 5.97 Å². The van der Waals surface area contributed by atoms with Gasteiger partial charge in [0.1, 0.15) is 11.9 Å². The van der Waals surface area contributed by atoms with E-state index in [0.29, 0.717) is 0 Å². The summed E-state index contributed by atoms with van der Waals surface area (Å²) in [5, 5.41) is 7.64. The van der Waals surface area contributed by atoms with Gasteiger partial charge in [-0.25, -0.2) is 4.79 Å². The number of hydrogen-bond acceptors (Lipinski definition) is 3. The lowest BCUT2D eigenvalue weighted by molar-refractivity contribution is -0.148. The van der Waals surface area contributed by atoms with Crippen LogP contribution in [0.4, 0.5) is 0 Å². The van der Waals surface area contributed by atoms with Crippen LogP contribution < -0.4 is 4.74 Å². The molecule has 0 amide bonds. The quantitative estimate of drug-likeness (QED) is 0.863. The lowest BCUT2D eigenvalue weighted by Gasteiger charge is -2.26. The zero-order valence-electron chi connectivity index (χ0n) is 12.4. The van der Waals surface area contributed by atoms with Crippen molar-refractivity contribution < 1.29 is 19.4 Å². The third-order valence-corrected chi connectivity index (χ3v) is 3.39. The van der Waals surface area contributed by atoms with Crippen molar-refractivity contribution in [1.82, 2.24) is 0 Å². The first-order valence-electron chi connectivity index (χ1n) is 7.11. The van der Waals surface area contributed by atoms with Crippen LogP contribution >= 0.6 is 0 Å². The molecule has 22 heavy (non-hydrogen) atoms. The molecule has 4 nitrogen and oxygen atoms in total. The minimum atomic E-state index is -1.38. The summed E-state index contributed by atoms with van der Waals surface area (Å²) in [5.74, 6) is -1.16. The number of aryl methyl sites for hydroxylation is 1. The molecule has 1 N–H and O–H groups in total. The average molecular weight is 298 g/mol. The van der Waals surface area contributed by atoms with E-state index in [9.17, 15) is 9.59 Å². The number of carbonyl (C=O) groups is 2. The second kappa shape index (κ2) is 7.41. The van der Waals surface area contributed by atoms with Gasteiger partial charge in [-0.1, -0.05) is 48.5 Å². The molecular weight excluding hydrogens is 280 g/mol. The molecule has 4 heteroatoms. The lowest BCUT2D eigenvalue weighted by atomic mass is 9.98. The largest absolute Gasteiger partial charge is 0.485 e. The molecule has 0 fully saturated rings. The van der Waals surface area contributed by atoms with Crippen molar-refractivity contribution in [2.24, 2.45) is 0 Å². The summed E-state index contributed by atoms with van der Waals surface area (Å²) >= 11 is 0. The molecule has 114 valence electrons. The highest BCUT2D eigenvalue weighted by molar-refractivity contribution is 6.31. The Bertz CT molecular complexity index is 637. The predicted octanol–water partition coefficient (Wildman–Crippen LogP) is 3.41. The summed E-state index contributed by atoms with van der Waals surface area (Å²) in [6.45, 7) is 1.00. The van der Waals surface area contributed by atoms with E-state index >= 15 is 0 Å². The van der Waals surface area contributed by atoms with Crippen LogP contribution in [0.15, 0.2) is 54.6 Å². The summed E-state index contributed by atoms with van der Waals surface area (Å²) in [6.07, 6.45) is 2.40. The number of Topliss-reactive ketones (excluding diaryl/α,β-unsaturated/α-hetero) is 1. The maximum absolute atomic E-state index is 9.54. The Morgan fingerprint density at radius 3 is 2.27 bits per heavy atom. The molecule has 1 atom stereocenters. The van der Waals surface area contributed by atoms with Crippen LogP contribution in [-0.2, 0) is 16.0 Å². The fraction of sp³-hybridized carbons (Fsp3) is 0.222. The second-order valence-electron chi connectivity index (χ2n) is 5.02. The molecule has 2 aromatic rings. The highest BCUT2D eigenvalue weighted by Crippen LogP contribution is 2.34. The van der Waals surface area contributed by atoms with Gasteiger partial charge in [0.2, 0.25) is 5.78 Å². The Morgan fingerprint density at radius 1 is 1.05 bits per heavy atom. The summed E-state index contributed by atoms with van der Waals surface area (Å²) in [6, 6.07) is 18.8. The molecule has 0 spiro atoms. The molecule has 0 saturated carbocycles. The van der Waals surface area contributed by atoms with Crippen LogP contribution in [0.2, 0.25) is 0 Å². The van der Waals surface area contributed by atoms with E-state index in [1.54, 1.807) is 0 Å². The molecule has 0 aromatic heterocycles. The molecular formula is C18H18O4. The van der Waals surface area contributed by atoms with Gasteiger partial charge < -0.3 is 9.84 Å². The van der Waals surface area contributed by atoms with E-state index in [2.05, 4.69) is 42.5 Å². The number of fused-ring (bicyclic) bond motifs is 1. The smallest absolute Gasteiger partial charge is 0.371 e. The molecule has 1 aliphatic heterocycles. The van der Waals surface area contributed by atoms with Crippen molar-refractivity contribution >= 4 is 11.8 Å². The first kappa shape index (κ1) is 15.8. The normalized spacial score (nSPS) is 15.6. The van der Waals surface area contributed by atoms with Crippen LogP contribution in [0.5, 0.6) is 5.75 Å². The van der Waals surface area contributed by atoms with Gasteiger partial charge in [0.15, 0.2) is 0 Å². The van der Waals surface area contributed by atoms with Gasteiger partial charge in [-0.2, -0.15) is 0 Å². The van der Waals surface area contributed by atoms with Crippen molar-refractivity contribution in [3.05, 3.63) is 65.7 Å². The fourth-order valence-corrected chi connectivity index (χ4v) is 2.23. The second-order valence-corrected chi connectivity index (χ2v) is 5.02. The SMILES string of the molecule is CC(=O)C(=O)O.c1ccc(C2CCc3ccccc3O2)cc1. The van der Waals surface area contributed by atoms with Crippen molar-refractivity contribution in [3.63, 3.8) is 0 Å². The van der Waals surface area contributed by atoms with Crippen LogP contribution in [-0.4, -0.2) is 16.9 Å². The summed E-state index contributed by atoms with van der Waals surface area (Å²) in [4.78, 5) is 18.9. The number of aliphatic carboxylic acids is 1. The minimum absolute atomic E-state index is 0.219. The molecule has 2 aromatic carbocycles. The van der Waals surface area contributed by atoms with Crippen LogP contribution in [0.25, 0.3) is 0 Å². The summed E-state index contributed by atoms with van der Waals surface area (Å²) < 4.78 is 6.02. The Balaban J connectivity index is 0.000000254. The van der Waals surface area contributed by atoms with Gasteiger partial charge in [-0.15, -0.1) is 0 Å².